The summed E-state index contributed by atoms with van der Waals surface area (Å²) in [6.07, 6.45) is 1.22. The summed E-state index contributed by atoms with van der Waals surface area (Å²) in [5.74, 6) is 0.397. The van der Waals surface area contributed by atoms with Gasteiger partial charge < -0.3 is 10.1 Å². The molecule has 0 saturated carbocycles. The van der Waals surface area contributed by atoms with Gasteiger partial charge >= 0.3 is 0 Å². The van der Waals surface area contributed by atoms with Gasteiger partial charge in [-0.1, -0.05) is 29.8 Å². The van der Waals surface area contributed by atoms with Gasteiger partial charge in [0.25, 0.3) is 0 Å². The Morgan fingerprint density at radius 3 is 2.62 bits per heavy atom. The van der Waals surface area contributed by atoms with E-state index in [1.54, 1.807) is 7.11 Å². The Balaban J connectivity index is 2.80. The van der Waals surface area contributed by atoms with E-state index in [1.165, 1.54) is 5.56 Å². The number of methoxy groups -OCH3 is 1. The van der Waals surface area contributed by atoms with Crippen LogP contribution in [-0.2, 0) is 4.74 Å². The highest BCUT2D eigenvalue weighted by Gasteiger charge is 2.16. The lowest BCUT2D eigenvalue weighted by molar-refractivity contribution is 0.104. The second kappa shape index (κ2) is 6.89. The summed E-state index contributed by atoms with van der Waals surface area (Å²) in [5, 5.41) is 4.05. The monoisotopic (exact) mass is 241 g/mol. The van der Waals surface area contributed by atoms with Crippen molar-refractivity contribution in [1.82, 2.24) is 5.32 Å². The van der Waals surface area contributed by atoms with Gasteiger partial charge in [-0.05, 0) is 32.0 Å². The van der Waals surface area contributed by atoms with Gasteiger partial charge in [0.15, 0.2) is 0 Å². The van der Waals surface area contributed by atoms with Crippen LogP contribution in [0.25, 0.3) is 0 Å². The number of ether oxygens (including phenoxy) is 1. The van der Waals surface area contributed by atoms with Gasteiger partial charge in [0.1, 0.15) is 0 Å². The molecule has 1 N–H and O–H groups in total. The molecule has 0 aliphatic rings. The van der Waals surface area contributed by atoms with E-state index in [9.17, 15) is 0 Å². The van der Waals surface area contributed by atoms with Crippen LogP contribution in [0.5, 0.6) is 0 Å². The Labute approximate surface area is 103 Å². The molecule has 0 aromatic heterocycles. The van der Waals surface area contributed by atoms with Crippen LogP contribution in [0, 0.1) is 0 Å². The van der Waals surface area contributed by atoms with Crippen LogP contribution in [0.2, 0.25) is 5.02 Å². The van der Waals surface area contributed by atoms with E-state index in [1.807, 2.05) is 25.2 Å². The summed E-state index contributed by atoms with van der Waals surface area (Å²) in [6, 6.07) is 8.02. The van der Waals surface area contributed by atoms with Crippen LogP contribution < -0.4 is 5.32 Å². The maximum Gasteiger partial charge on any atom is 0.0549 e. The molecule has 1 rings (SSSR count). The van der Waals surface area contributed by atoms with Gasteiger partial charge in [0.05, 0.1) is 6.10 Å². The second-order valence-electron chi connectivity index (χ2n) is 4.06. The predicted octanol–water partition coefficient (Wildman–Crippen LogP) is 3.07. The zero-order chi connectivity index (χ0) is 12.0. The van der Waals surface area contributed by atoms with E-state index in [2.05, 4.69) is 18.3 Å². The van der Waals surface area contributed by atoms with E-state index in [0.717, 1.165) is 18.0 Å². The summed E-state index contributed by atoms with van der Waals surface area (Å²) < 4.78 is 5.32. The van der Waals surface area contributed by atoms with Gasteiger partial charge in [-0.15, -0.1) is 0 Å². The van der Waals surface area contributed by atoms with Crippen molar-refractivity contribution in [2.75, 3.05) is 20.7 Å². The van der Waals surface area contributed by atoms with Crippen LogP contribution in [0.3, 0.4) is 0 Å². The maximum atomic E-state index is 6.21. The third kappa shape index (κ3) is 3.78. The lowest BCUT2D eigenvalue weighted by atomic mass is 9.93. The molecule has 2 nitrogen and oxygen atoms in total. The van der Waals surface area contributed by atoms with Crippen molar-refractivity contribution in [2.24, 2.45) is 0 Å². The molecule has 16 heavy (non-hydrogen) atoms. The first-order valence-corrected chi connectivity index (χ1v) is 5.98. The summed E-state index contributed by atoms with van der Waals surface area (Å²) in [4.78, 5) is 0. The van der Waals surface area contributed by atoms with Crippen molar-refractivity contribution in [2.45, 2.75) is 25.4 Å². The third-order valence-corrected chi connectivity index (χ3v) is 3.16. The number of nitrogens with one attached hydrogen (secondary N) is 1. The molecular weight excluding hydrogens is 222 g/mol. The van der Waals surface area contributed by atoms with Crippen LogP contribution >= 0.6 is 11.6 Å². The minimum Gasteiger partial charge on any atom is -0.382 e. The van der Waals surface area contributed by atoms with Crippen molar-refractivity contribution < 1.29 is 4.74 Å². The highest BCUT2D eigenvalue weighted by molar-refractivity contribution is 6.31. The molecule has 0 amide bonds. The van der Waals surface area contributed by atoms with Crippen molar-refractivity contribution in [1.29, 1.82) is 0 Å². The number of halogens is 1. The molecule has 1 aromatic rings. The molecule has 1 aromatic carbocycles. The second-order valence-corrected chi connectivity index (χ2v) is 4.47. The molecule has 0 spiro atoms. The molecule has 0 aliphatic heterocycles. The fraction of sp³-hybridized carbons (Fsp3) is 0.538. The maximum absolute atomic E-state index is 6.21. The SMILES string of the molecule is CNCC(CC(C)OC)c1ccccc1Cl. The number of rotatable bonds is 6. The Hall–Kier alpha value is -0.570. The lowest BCUT2D eigenvalue weighted by Gasteiger charge is -2.21. The molecule has 2 unspecified atom stereocenters. The van der Waals surface area contributed by atoms with E-state index in [4.69, 9.17) is 16.3 Å². The first-order valence-electron chi connectivity index (χ1n) is 5.60. The van der Waals surface area contributed by atoms with Gasteiger partial charge in [-0.3, -0.25) is 0 Å². The van der Waals surface area contributed by atoms with Gasteiger partial charge in [-0.2, -0.15) is 0 Å². The summed E-state index contributed by atoms with van der Waals surface area (Å²) in [6.45, 7) is 3.00. The Bertz CT molecular complexity index is 317. The van der Waals surface area contributed by atoms with Crippen molar-refractivity contribution in [3.8, 4) is 0 Å². The summed E-state index contributed by atoms with van der Waals surface area (Å²) >= 11 is 6.21. The van der Waals surface area contributed by atoms with E-state index in [-0.39, 0.29) is 6.10 Å². The molecule has 0 bridgehead atoms. The third-order valence-electron chi connectivity index (χ3n) is 2.81. The average Bonchev–Trinajstić information content (AvgIpc) is 2.29. The number of hydrogen-bond donors (Lipinski definition) is 1. The topological polar surface area (TPSA) is 21.3 Å². The molecular formula is C13H20ClNO. The van der Waals surface area contributed by atoms with Crippen molar-refractivity contribution in [3.63, 3.8) is 0 Å². The largest absolute Gasteiger partial charge is 0.382 e. The zero-order valence-corrected chi connectivity index (χ0v) is 10.9. The van der Waals surface area contributed by atoms with Crippen molar-refractivity contribution >= 4 is 11.6 Å². The molecule has 0 heterocycles. The number of benzene rings is 1. The van der Waals surface area contributed by atoms with E-state index < -0.39 is 0 Å². The molecule has 2 atom stereocenters. The van der Waals surface area contributed by atoms with Gasteiger partial charge in [-0.25, -0.2) is 0 Å². The van der Waals surface area contributed by atoms with Crippen LogP contribution in [0.15, 0.2) is 24.3 Å². The van der Waals surface area contributed by atoms with Gasteiger partial charge in [0, 0.05) is 24.6 Å². The fourth-order valence-electron chi connectivity index (χ4n) is 1.87. The van der Waals surface area contributed by atoms with E-state index >= 15 is 0 Å². The first-order chi connectivity index (χ1) is 7.69. The first kappa shape index (κ1) is 13.5. The Morgan fingerprint density at radius 1 is 1.38 bits per heavy atom. The Morgan fingerprint density at radius 2 is 2.06 bits per heavy atom. The normalized spacial score (nSPS) is 14.8. The smallest absolute Gasteiger partial charge is 0.0549 e. The molecule has 0 radical (unpaired) electrons. The molecule has 0 fully saturated rings. The van der Waals surface area contributed by atoms with Crippen molar-refractivity contribution in [3.05, 3.63) is 34.9 Å². The summed E-state index contributed by atoms with van der Waals surface area (Å²) in [5.41, 5.74) is 1.20. The van der Waals surface area contributed by atoms with Crippen LogP contribution in [0.1, 0.15) is 24.8 Å². The van der Waals surface area contributed by atoms with E-state index in [0.29, 0.717) is 5.92 Å². The van der Waals surface area contributed by atoms with Gasteiger partial charge in [0.2, 0.25) is 0 Å². The lowest BCUT2D eigenvalue weighted by Crippen LogP contribution is -2.21. The molecule has 90 valence electrons. The number of likely N-dealkylation sites (N-methyl/N-ethyl adjacent to an activating group) is 1. The molecule has 3 heteroatoms. The van der Waals surface area contributed by atoms with Crippen LogP contribution in [0.4, 0.5) is 0 Å². The van der Waals surface area contributed by atoms with Crippen LogP contribution in [-0.4, -0.2) is 26.8 Å². The zero-order valence-electron chi connectivity index (χ0n) is 10.2. The highest BCUT2D eigenvalue weighted by Crippen LogP contribution is 2.27. The minimum absolute atomic E-state index is 0.245. The number of hydrogen-bond acceptors (Lipinski definition) is 2. The standard InChI is InChI=1S/C13H20ClNO/c1-10(16-3)8-11(9-15-2)12-6-4-5-7-13(12)14/h4-7,10-11,15H,8-9H2,1-3H3. The Kier molecular flexibility index (Phi) is 5.81. The average molecular weight is 242 g/mol. The molecule has 0 saturated heterocycles. The molecule has 0 aliphatic carbocycles. The predicted molar refractivity (Wildman–Crippen MR) is 69.2 cm³/mol. The summed E-state index contributed by atoms with van der Waals surface area (Å²) in [7, 11) is 3.70. The minimum atomic E-state index is 0.245. The quantitative estimate of drug-likeness (QED) is 0.827. The highest BCUT2D eigenvalue weighted by atomic mass is 35.5. The fourth-order valence-corrected chi connectivity index (χ4v) is 2.16.